The number of rotatable bonds is 10. The van der Waals surface area contributed by atoms with Crippen LogP contribution in [0, 0.1) is 23.2 Å². The van der Waals surface area contributed by atoms with E-state index in [9.17, 15) is 10.2 Å². The van der Waals surface area contributed by atoms with Gasteiger partial charge in [0.2, 0.25) is 0 Å². The third-order valence-corrected chi connectivity index (χ3v) is 7.95. The van der Waals surface area contributed by atoms with Crippen molar-refractivity contribution in [3.8, 4) is 0 Å². The third-order valence-electron chi connectivity index (χ3n) is 7.95. The van der Waals surface area contributed by atoms with Crippen LogP contribution >= 0.6 is 0 Å². The molecule has 2 aliphatic rings. The van der Waals surface area contributed by atoms with Crippen molar-refractivity contribution in [2.45, 2.75) is 117 Å². The summed E-state index contributed by atoms with van der Waals surface area (Å²) >= 11 is 0. The van der Waals surface area contributed by atoms with Gasteiger partial charge in [-0.05, 0) is 88.4 Å². The molecule has 29 heavy (non-hydrogen) atoms. The van der Waals surface area contributed by atoms with Gasteiger partial charge in [0.1, 0.15) is 0 Å². The van der Waals surface area contributed by atoms with Crippen LogP contribution in [0.1, 0.15) is 112 Å². The lowest BCUT2D eigenvalue weighted by molar-refractivity contribution is -0.00356. The fourth-order valence-electron chi connectivity index (χ4n) is 6.45. The van der Waals surface area contributed by atoms with Crippen molar-refractivity contribution in [3.63, 3.8) is 0 Å². The fourth-order valence-corrected chi connectivity index (χ4v) is 6.45. The highest BCUT2D eigenvalue weighted by atomic mass is 16.3. The number of hydrogen-bond acceptors (Lipinski definition) is 2. The van der Waals surface area contributed by atoms with Crippen LogP contribution in [0.3, 0.4) is 0 Å². The Morgan fingerprint density at radius 1 is 1.24 bits per heavy atom. The molecule has 2 N–H and O–H groups in total. The minimum absolute atomic E-state index is 0.264. The van der Waals surface area contributed by atoms with E-state index < -0.39 is 5.60 Å². The number of fused-ring (bicyclic) bond motifs is 1. The number of aliphatic hydroxyl groups is 2. The van der Waals surface area contributed by atoms with Crippen molar-refractivity contribution in [1.82, 2.24) is 0 Å². The van der Waals surface area contributed by atoms with Crippen LogP contribution in [-0.4, -0.2) is 22.4 Å². The van der Waals surface area contributed by atoms with Gasteiger partial charge in [-0.1, -0.05) is 69.8 Å². The largest absolute Gasteiger partial charge is 0.396 e. The van der Waals surface area contributed by atoms with E-state index in [1.165, 1.54) is 50.5 Å². The first-order valence-corrected chi connectivity index (χ1v) is 12.4. The Morgan fingerprint density at radius 3 is 2.66 bits per heavy atom. The molecule has 2 rings (SSSR count). The van der Waals surface area contributed by atoms with Gasteiger partial charge in [-0.25, -0.2) is 0 Å². The molecule has 168 valence electrons. The maximum atomic E-state index is 10.1. The van der Waals surface area contributed by atoms with Gasteiger partial charge >= 0.3 is 0 Å². The van der Waals surface area contributed by atoms with Crippen LogP contribution in [0.5, 0.6) is 0 Å². The summed E-state index contributed by atoms with van der Waals surface area (Å²) in [7, 11) is 0. The highest BCUT2D eigenvalue weighted by Gasteiger charge is 2.48. The lowest BCUT2D eigenvalue weighted by atomic mass is 9.51. The molecule has 2 saturated carbocycles. The first-order chi connectivity index (χ1) is 13.7. The SMILES string of the molecule is CCC/C(=C/C=C1\CCCC2(C)C1CCCC2C(C)CCCC(C)(C)O)CCO. The predicted octanol–water partition coefficient (Wildman–Crippen LogP) is 7.21. The summed E-state index contributed by atoms with van der Waals surface area (Å²) < 4.78 is 0. The van der Waals surface area contributed by atoms with Gasteiger partial charge in [0.25, 0.3) is 0 Å². The van der Waals surface area contributed by atoms with Crippen molar-refractivity contribution in [2.24, 2.45) is 23.2 Å². The van der Waals surface area contributed by atoms with E-state index in [2.05, 4.69) is 32.9 Å². The molecule has 0 spiro atoms. The molecule has 2 aliphatic carbocycles. The van der Waals surface area contributed by atoms with E-state index in [1.807, 2.05) is 13.8 Å². The Bertz CT molecular complexity index is 545. The van der Waals surface area contributed by atoms with E-state index in [0.717, 1.165) is 49.9 Å². The van der Waals surface area contributed by atoms with Crippen LogP contribution < -0.4 is 0 Å². The van der Waals surface area contributed by atoms with Crippen molar-refractivity contribution in [1.29, 1.82) is 0 Å². The van der Waals surface area contributed by atoms with Gasteiger partial charge < -0.3 is 10.2 Å². The van der Waals surface area contributed by atoms with Crippen LogP contribution in [0.4, 0.5) is 0 Å². The molecule has 0 heterocycles. The van der Waals surface area contributed by atoms with E-state index in [0.29, 0.717) is 5.41 Å². The summed E-state index contributed by atoms with van der Waals surface area (Å²) in [5.41, 5.74) is 2.99. The van der Waals surface area contributed by atoms with E-state index in [1.54, 1.807) is 5.57 Å². The third kappa shape index (κ3) is 6.96. The molecule has 4 unspecified atom stereocenters. The highest BCUT2D eigenvalue weighted by Crippen LogP contribution is 2.57. The van der Waals surface area contributed by atoms with Gasteiger partial charge in [0, 0.05) is 6.61 Å². The minimum Gasteiger partial charge on any atom is -0.396 e. The topological polar surface area (TPSA) is 40.5 Å². The van der Waals surface area contributed by atoms with E-state index >= 15 is 0 Å². The summed E-state index contributed by atoms with van der Waals surface area (Å²) in [6.45, 7) is 11.4. The lowest BCUT2D eigenvalue weighted by Gasteiger charge is -2.53. The Morgan fingerprint density at radius 2 is 2.00 bits per heavy atom. The van der Waals surface area contributed by atoms with Crippen molar-refractivity contribution in [3.05, 3.63) is 23.3 Å². The molecular weight excluding hydrogens is 356 g/mol. The smallest absolute Gasteiger partial charge is 0.0591 e. The number of hydrogen-bond donors (Lipinski definition) is 2. The summed E-state index contributed by atoms with van der Waals surface area (Å²) in [4.78, 5) is 0. The van der Waals surface area contributed by atoms with Gasteiger partial charge in [0.05, 0.1) is 5.60 Å². The molecule has 0 saturated heterocycles. The van der Waals surface area contributed by atoms with Gasteiger partial charge in [-0.3, -0.25) is 0 Å². The maximum Gasteiger partial charge on any atom is 0.0591 e. The van der Waals surface area contributed by atoms with Crippen LogP contribution in [-0.2, 0) is 0 Å². The first kappa shape index (κ1) is 24.7. The number of allylic oxidation sites excluding steroid dienone is 3. The standard InChI is InChI=1S/C27H48O2/c1-6-10-22(17-20-28)15-16-23-12-9-19-27(5)24(13-7-14-25(23)27)21(2)11-8-18-26(3,4)29/h15-16,21,24-25,28-29H,6-14,17-20H2,1-5H3/b22-15-,23-16+. The lowest BCUT2D eigenvalue weighted by Crippen LogP contribution is -2.44. The van der Waals surface area contributed by atoms with Crippen LogP contribution in [0.2, 0.25) is 0 Å². The summed E-state index contributed by atoms with van der Waals surface area (Å²) in [6, 6.07) is 0. The van der Waals surface area contributed by atoms with Crippen molar-refractivity contribution < 1.29 is 10.2 Å². The molecule has 4 atom stereocenters. The second kappa shape index (κ2) is 11.1. The van der Waals surface area contributed by atoms with E-state index in [4.69, 9.17) is 0 Å². The first-order valence-electron chi connectivity index (χ1n) is 12.4. The maximum absolute atomic E-state index is 10.1. The average Bonchev–Trinajstić information content (AvgIpc) is 2.64. The molecule has 0 radical (unpaired) electrons. The zero-order valence-electron chi connectivity index (χ0n) is 20.0. The molecule has 2 fully saturated rings. The summed E-state index contributed by atoms with van der Waals surface area (Å²) in [6.07, 6.45) is 19.2. The van der Waals surface area contributed by atoms with Crippen molar-refractivity contribution in [2.75, 3.05) is 6.61 Å². The molecule has 2 nitrogen and oxygen atoms in total. The normalized spacial score (nSPS) is 31.0. The average molecular weight is 405 g/mol. The zero-order chi connectivity index (χ0) is 21.5. The minimum atomic E-state index is -0.531. The Balaban J connectivity index is 2.12. The van der Waals surface area contributed by atoms with Crippen LogP contribution in [0.25, 0.3) is 0 Å². The van der Waals surface area contributed by atoms with E-state index in [-0.39, 0.29) is 6.61 Å². The fraction of sp³-hybridized carbons (Fsp3) is 0.852. The zero-order valence-corrected chi connectivity index (χ0v) is 20.0. The predicted molar refractivity (Wildman–Crippen MR) is 125 cm³/mol. The Kier molecular flexibility index (Phi) is 9.48. The molecule has 0 amide bonds. The summed E-state index contributed by atoms with van der Waals surface area (Å²) in [5, 5.41) is 19.4. The van der Waals surface area contributed by atoms with Gasteiger partial charge in [-0.2, -0.15) is 0 Å². The quantitative estimate of drug-likeness (QED) is 0.404. The van der Waals surface area contributed by atoms with Gasteiger partial charge in [0.15, 0.2) is 0 Å². The second-order valence-corrected chi connectivity index (χ2v) is 10.9. The highest BCUT2D eigenvalue weighted by molar-refractivity contribution is 5.24. The Hall–Kier alpha value is -0.600. The second-order valence-electron chi connectivity index (χ2n) is 10.9. The summed E-state index contributed by atoms with van der Waals surface area (Å²) in [5.74, 6) is 2.29. The molecule has 2 heteroatoms. The molecule has 0 aliphatic heterocycles. The van der Waals surface area contributed by atoms with Crippen LogP contribution in [0.15, 0.2) is 23.3 Å². The molecule has 0 bridgehead atoms. The van der Waals surface area contributed by atoms with Crippen molar-refractivity contribution >= 4 is 0 Å². The molecular formula is C27H48O2. The Labute approximate surface area is 180 Å². The molecule has 0 aromatic carbocycles. The molecule has 0 aromatic heterocycles. The number of aliphatic hydroxyl groups excluding tert-OH is 1. The monoisotopic (exact) mass is 404 g/mol. The molecule has 0 aromatic rings. The van der Waals surface area contributed by atoms with Gasteiger partial charge in [-0.15, -0.1) is 0 Å².